The molecule has 2 saturated heterocycles. The normalized spacial score (nSPS) is 18.1. The lowest BCUT2D eigenvalue weighted by Crippen LogP contribution is -2.45. The maximum atomic E-state index is 13.4. The van der Waals surface area contributed by atoms with Crippen LogP contribution in [0.15, 0.2) is 66.9 Å². The standard InChI is InChI=1S/C29H31F3N2O4/c1-4-15-34-20(2)28(38-27(34)36)13-17-33(18-14-28)16-12-26(22-8-10-25(11-9-22)37-21(3)35)23-6-5-7-24(19-23)29(30,31)32/h5-12,19H,2,4,13-18H2,1,3H3. The quantitative estimate of drug-likeness (QED) is 0.313. The van der Waals surface area contributed by atoms with Crippen LogP contribution in [0.1, 0.15) is 49.8 Å². The van der Waals surface area contributed by atoms with E-state index in [2.05, 4.69) is 11.5 Å². The molecular weight excluding hydrogens is 497 g/mol. The van der Waals surface area contributed by atoms with Crippen LogP contribution in [0.3, 0.4) is 0 Å². The zero-order chi connectivity index (χ0) is 27.5. The molecule has 0 bridgehead atoms. The molecule has 2 aromatic rings. The minimum Gasteiger partial charge on any atom is -0.436 e. The van der Waals surface area contributed by atoms with Crippen molar-refractivity contribution >= 4 is 17.6 Å². The number of amides is 1. The molecule has 2 aromatic carbocycles. The Balaban J connectivity index is 1.55. The number of esters is 1. The molecule has 0 radical (unpaired) electrons. The van der Waals surface area contributed by atoms with Crippen molar-refractivity contribution in [3.8, 4) is 5.75 Å². The summed E-state index contributed by atoms with van der Waals surface area (Å²) in [6.45, 7) is 9.78. The summed E-state index contributed by atoms with van der Waals surface area (Å²) in [7, 11) is 0. The van der Waals surface area contributed by atoms with Gasteiger partial charge in [0.05, 0.1) is 11.3 Å². The number of hydrogen-bond donors (Lipinski definition) is 0. The Morgan fingerprint density at radius 1 is 1.13 bits per heavy atom. The van der Waals surface area contributed by atoms with Crippen molar-refractivity contribution in [2.24, 2.45) is 0 Å². The van der Waals surface area contributed by atoms with Gasteiger partial charge in [-0.25, -0.2) is 4.79 Å². The average molecular weight is 529 g/mol. The van der Waals surface area contributed by atoms with Crippen molar-refractivity contribution < 1.29 is 32.2 Å². The van der Waals surface area contributed by atoms with Gasteiger partial charge in [-0.15, -0.1) is 0 Å². The summed E-state index contributed by atoms with van der Waals surface area (Å²) in [6.07, 6.45) is -0.902. The fourth-order valence-corrected chi connectivity index (χ4v) is 4.93. The number of carbonyl (C=O) groups excluding carboxylic acids is 2. The Kier molecular flexibility index (Phi) is 7.97. The second kappa shape index (κ2) is 11.0. The Morgan fingerprint density at radius 3 is 2.42 bits per heavy atom. The van der Waals surface area contributed by atoms with Crippen molar-refractivity contribution in [2.45, 2.75) is 44.9 Å². The highest BCUT2D eigenvalue weighted by Crippen LogP contribution is 2.41. The molecule has 2 aliphatic heterocycles. The van der Waals surface area contributed by atoms with Gasteiger partial charge in [-0.3, -0.25) is 14.6 Å². The monoisotopic (exact) mass is 528 g/mol. The molecule has 6 nitrogen and oxygen atoms in total. The third-order valence-electron chi connectivity index (χ3n) is 6.95. The molecule has 1 amide bonds. The first kappa shape index (κ1) is 27.4. The van der Waals surface area contributed by atoms with E-state index in [1.807, 2.05) is 13.0 Å². The van der Waals surface area contributed by atoms with Gasteiger partial charge in [-0.05, 0) is 47.4 Å². The van der Waals surface area contributed by atoms with Gasteiger partial charge in [-0.1, -0.05) is 43.8 Å². The van der Waals surface area contributed by atoms with Crippen LogP contribution in [0.2, 0.25) is 0 Å². The molecule has 202 valence electrons. The van der Waals surface area contributed by atoms with Crippen LogP contribution >= 0.6 is 0 Å². The number of carbonyl (C=O) groups is 2. The third-order valence-corrected chi connectivity index (χ3v) is 6.95. The van der Waals surface area contributed by atoms with Crippen LogP contribution in [0.25, 0.3) is 5.57 Å². The molecule has 4 rings (SSSR count). The summed E-state index contributed by atoms with van der Waals surface area (Å²) in [4.78, 5) is 27.4. The van der Waals surface area contributed by atoms with E-state index in [4.69, 9.17) is 9.47 Å². The first-order valence-electron chi connectivity index (χ1n) is 12.6. The predicted octanol–water partition coefficient (Wildman–Crippen LogP) is 6.27. The van der Waals surface area contributed by atoms with Gasteiger partial charge < -0.3 is 9.47 Å². The number of halogens is 3. The predicted molar refractivity (Wildman–Crippen MR) is 137 cm³/mol. The fourth-order valence-electron chi connectivity index (χ4n) is 4.93. The number of benzene rings is 2. The van der Waals surface area contributed by atoms with Crippen molar-refractivity contribution in [1.82, 2.24) is 9.80 Å². The Bertz CT molecular complexity index is 1230. The Morgan fingerprint density at radius 2 is 1.82 bits per heavy atom. The van der Waals surface area contributed by atoms with Gasteiger partial charge >= 0.3 is 18.2 Å². The van der Waals surface area contributed by atoms with Gasteiger partial charge in [0.2, 0.25) is 0 Å². The van der Waals surface area contributed by atoms with E-state index in [0.717, 1.165) is 18.6 Å². The second-order valence-corrected chi connectivity index (χ2v) is 9.58. The van der Waals surface area contributed by atoms with Gasteiger partial charge in [0, 0.05) is 45.9 Å². The zero-order valence-electron chi connectivity index (χ0n) is 21.5. The summed E-state index contributed by atoms with van der Waals surface area (Å²) in [6, 6.07) is 11.9. The van der Waals surface area contributed by atoms with Gasteiger partial charge in [-0.2, -0.15) is 13.2 Å². The molecule has 2 aliphatic rings. The summed E-state index contributed by atoms with van der Waals surface area (Å²) in [5.41, 5.74) is 1.05. The summed E-state index contributed by atoms with van der Waals surface area (Å²) >= 11 is 0. The highest BCUT2D eigenvalue weighted by Gasteiger charge is 2.50. The molecular formula is C29H31F3N2O4. The SMILES string of the molecule is C=C1N(CCC)C(=O)OC12CCN(CC=C(c1ccc(OC(C)=O)cc1)c1cccc(C(F)(F)F)c1)CC2. The maximum absolute atomic E-state index is 13.4. The van der Waals surface area contributed by atoms with E-state index in [1.54, 1.807) is 35.2 Å². The molecule has 9 heteroatoms. The minimum absolute atomic E-state index is 0.353. The smallest absolute Gasteiger partial charge is 0.416 e. The first-order chi connectivity index (χ1) is 18.0. The minimum atomic E-state index is -4.46. The van der Waals surface area contributed by atoms with E-state index in [9.17, 15) is 22.8 Å². The highest BCUT2D eigenvalue weighted by molar-refractivity contribution is 5.81. The van der Waals surface area contributed by atoms with Gasteiger partial charge in [0.1, 0.15) is 5.75 Å². The second-order valence-electron chi connectivity index (χ2n) is 9.58. The molecule has 1 spiro atoms. The van der Waals surface area contributed by atoms with Crippen LogP contribution in [0.5, 0.6) is 5.75 Å². The lowest BCUT2D eigenvalue weighted by molar-refractivity contribution is -0.137. The van der Waals surface area contributed by atoms with Crippen molar-refractivity contribution in [3.63, 3.8) is 0 Å². The molecule has 0 aliphatic carbocycles. The summed E-state index contributed by atoms with van der Waals surface area (Å²) in [5, 5.41) is 0. The molecule has 0 unspecified atom stereocenters. The molecule has 0 aromatic heterocycles. The number of nitrogens with zero attached hydrogens (tertiary/aromatic N) is 2. The van der Waals surface area contributed by atoms with Crippen LogP contribution in [-0.4, -0.2) is 53.6 Å². The van der Waals surface area contributed by atoms with E-state index in [1.165, 1.54) is 13.0 Å². The van der Waals surface area contributed by atoms with E-state index in [-0.39, 0.29) is 6.09 Å². The molecule has 2 heterocycles. The third kappa shape index (κ3) is 5.93. The highest BCUT2D eigenvalue weighted by atomic mass is 19.4. The largest absolute Gasteiger partial charge is 0.436 e. The molecule has 0 atom stereocenters. The number of hydrogen-bond acceptors (Lipinski definition) is 5. The summed E-state index contributed by atoms with van der Waals surface area (Å²) in [5.74, 6) is -0.0999. The lowest BCUT2D eigenvalue weighted by Gasteiger charge is -2.37. The fraction of sp³-hybridized carbons (Fsp3) is 0.379. The van der Waals surface area contributed by atoms with Crippen molar-refractivity contribution in [1.29, 1.82) is 0 Å². The van der Waals surface area contributed by atoms with Gasteiger partial charge in [0.25, 0.3) is 0 Å². The van der Waals surface area contributed by atoms with E-state index < -0.39 is 23.3 Å². The molecule has 38 heavy (non-hydrogen) atoms. The average Bonchev–Trinajstić information content (AvgIpc) is 3.10. The zero-order valence-corrected chi connectivity index (χ0v) is 21.5. The van der Waals surface area contributed by atoms with Crippen molar-refractivity contribution in [3.05, 3.63) is 83.6 Å². The molecule has 0 saturated carbocycles. The van der Waals surface area contributed by atoms with Crippen molar-refractivity contribution in [2.75, 3.05) is 26.2 Å². The topological polar surface area (TPSA) is 59.1 Å². The van der Waals surface area contributed by atoms with E-state index >= 15 is 0 Å². The van der Waals surface area contributed by atoms with Crippen LogP contribution in [0.4, 0.5) is 18.0 Å². The number of piperidine rings is 1. The number of likely N-dealkylation sites (tertiary alicyclic amines) is 1. The van der Waals surface area contributed by atoms with Crippen LogP contribution < -0.4 is 4.74 Å². The molecule has 2 fully saturated rings. The number of ether oxygens (including phenoxy) is 2. The Hall–Kier alpha value is -3.59. The number of rotatable bonds is 7. The maximum Gasteiger partial charge on any atom is 0.416 e. The van der Waals surface area contributed by atoms with Crippen LogP contribution in [-0.2, 0) is 15.7 Å². The van der Waals surface area contributed by atoms with Crippen LogP contribution in [0, 0.1) is 0 Å². The lowest BCUT2D eigenvalue weighted by atomic mass is 9.88. The first-order valence-corrected chi connectivity index (χ1v) is 12.6. The summed E-state index contributed by atoms with van der Waals surface area (Å²) < 4.78 is 51.2. The van der Waals surface area contributed by atoms with Gasteiger partial charge in [0.15, 0.2) is 5.60 Å². The Labute approximate surface area is 220 Å². The molecule has 0 N–H and O–H groups in total. The number of alkyl halides is 3. The van der Waals surface area contributed by atoms with E-state index in [0.29, 0.717) is 67.2 Å².